The third-order valence-electron chi connectivity index (χ3n) is 2.05. The van der Waals surface area contributed by atoms with E-state index in [0.29, 0.717) is 5.92 Å². The molecule has 0 aromatic carbocycles. The van der Waals surface area contributed by atoms with Crippen LogP contribution in [0.15, 0.2) is 25.0 Å². The van der Waals surface area contributed by atoms with Crippen LogP contribution in [0.1, 0.15) is 6.42 Å². The van der Waals surface area contributed by atoms with Gasteiger partial charge in [-0.15, -0.1) is 6.58 Å². The van der Waals surface area contributed by atoms with E-state index in [1.165, 1.54) is 0 Å². The Bertz CT molecular complexity index is 152. The number of aliphatic hydroxyl groups excluding tert-OH is 1. The van der Waals surface area contributed by atoms with Gasteiger partial charge in [-0.3, -0.25) is 0 Å². The molecule has 62 valence electrons. The molecule has 1 heterocycles. The zero-order chi connectivity index (χ0) is 8.10. The molecular weight excluding hydrogens is 140 g/mol. The maximum absolute atomic E-state index is 8.93. The van der Waals surface area contributed by atoms with E-state index in [1.54, 1.807) is 12.3 Å². The van der Waals surface area contributed by atoms with Crippen LogP contribution in [0, 0.1) is 11.8 Å². The highest BCUT2D eigenvalue weighted by Crippen LogP contribution is 2.21. The molecule has 0 aromatic heterocycles. The molecule has 0 saturated carbocycles. The van der Waals surface area contributed by atoms with Crippen molar-refractivity contribution in [3.63, 3.8) is 0 Å². The minimum Gasteiger partial charge on any atom is -0.501 e. The zero-order valence-electron chi connectivity index (χ0n) is 6.57. The first kappa shape index (κ1) is 8.34. The summed E-state index contributed by atoms with van der Waals surface area (Å²) in [4.78, 5) is 0. The fraction of sp³-hybridized carbons (Fsp3) is 0.556. The third-order valence-corrected chi connectivity index (χ3v) is 2.05. The van der Waals surface area contributed by atoms with Crippen LogP contribution in [-0.2, 0) is 4.74 Å². The Hall–Kier alpha value is -0.760. The number of hydrogen-bond donors (Lipinski definition) is 1. The van der Waals surface area contributed by atoms with Gasteiger partial charge >= 0.3 is 0 Å². The van der Waals surface area contributed by atoms with Crippen molar-refractivity contribution >= 4 is 0 Å². The van der Waals surface area contributed by atoms with E-state index in [-0.39, 0.29) is 12.5 Å². The molecule has 2 atom stereocenters. The molecule has 2 nitrogen and oxygen atoms in total. The maximum atomic E-state index is 8.93. The van der Waals surface area contributed by atoms with Crippen LogP contribution in [0.25, 0.3) is 0 Å². The minimum atomic E-state index is 0.179. The van der Waals surface area contributed by atoms with E-state index in [2.05, 4.69) is 6.58 Å². The van der Waals surface area contributed by atoms with Crippen molar-refractivity contribution in [2.45, 2.75) is 6.42 Å². The van der Waals surface area contributed by atoms with Crippen molar-refractivity contribution in [1.29, 1.82) is 0 Å². The second-order valence-corrected chi connectivity index (χ2v) is 2.73. The van der Waals surface area contributed by atoms with Crippen LogP contribution < -0.4 is 0 Å². The van der Waals surface area contributed by atoms with Gasteiger partial charge in [0, 0.05) is 12.5 Å². The lowest BCUT2D eigenvalue weighted by atomic mass is 9.90. The van der Waals surface area contributed by atoms with E-state index in [0.717, 1.165) is 13.0 Å². The molecule has 1 rings (SSSR count). The summed E-state index contributed by atoms with van der Waals surface area (Å²) < 4.78 is 5.04. The molecule has 1 N–H and O–H groups in total. The molecule has 1 aliphatic heterocycles. The van der Waals surface area contributed by atoms with Crippen molar-refractivity contribution in [3.05, 3.63) is 25.0 Å². The first-order valence-corrected chi connectivity index (χ1v) is 3.90. The monoisotopic (exact) mass is 154 g/mol. The van der Waals surface area contributed by atoms with E-state index in [1.807, 2.05) is 6.08 Å². The Morgan fingerprint density at radius 2 is 2.64 bits per heavy atom. The summed E-state index contributed by atoms with van der Waals surface area (Å²) in [6, 6.07) is 0. The molecule has 2 unspecified atom stereocenters. The second kappa shape index (κ2) is 4.19. The predicted molar refractivity (Wildman–Crippen MR) is 44.0 cm³/mol. The Balaban J connectivity index is 2.49. The van der Waals surface area contributed by atoms with Crippen LogP contribution in [0.4, 0.5) is 0 Å². The van der Waals surface area contributed by atoms with Gasteiger partial charge in [-0.25, -0.2) is 0 Å². The second-order valence-electron chi connectivity index (χ2n) is 2.73. The smallest absolute Gasteiger partial charge is 0.0879 e. The molecule has 2 heteroatoms. The van der Waals surface area contributed by atoms with Gasteiger partial charge in [-0.05, 0) is 18.4 Å². The van der Waals surface area contributed by atoms with Crippen LogP contribution in [-0.4, -0.2) is 18.3 Å². The predicted octanol–water partition coefficient (Wildman–Crippen LogP) is 1.33. The number of ether oxygens (including phenoxy) is 1. The standard InChI is InChI=1S/C9H14O2/c1-2-8(7-10)9-3-5-11-6-4-9/h2-3,5,8-10H,1,4,6-7H2. The Morgan fingerprint density at radius 1 is 1.82 bits per heavy atom. The molecule has 0 saturated heterocycles. The van der Waals surface area contributed by atoms with Gasteiger partial charge < -0.3 is 9.84 Å². The summed E-state index contributed by atoms with van der Waals surface area (Å²) in [5.74, 6) is 0.599. The topological polar surface area (TPSA) is 29.5 Å². The molecule has 0 spiro atoms. The van der Waals surface area contributed by atoms with Gasteiger partial charge in [0.2, 0.25) is 0 Å². The van der Waals surface area contributed by atoms with Crippen LogP contribution >= 0.6 is 0 Å². The summed E-state index contributed by atoms with van der Waals surface area (Å²) in [6.07, 6.45) is 6.49. The maximum Gasteiger partial charge on any atom is 0.0879 e. The van der Waals surface area contributed by atoms with Gasteiger partial charge in [-0.2, -0.15) is 0 Å². The molecule has 0 fully saturated rings. The Labute approximate surface area is 67.2 Å². The highest BCUT2D eigenvalue weighted by molar-refractivity contribution is 4.96. The van der Waals surface area contributed by atoms with E-state index in [9.17, 15) is 0 Å². The lowest BCUT2D eigenvalue weighted by Crippen LogP contribution is -2.18. The third kappa shape index (κ3) is 2.09. The highest BCUT2D eigenvalue weighted by atomic mass is 16.5. The normalized spacial score (nSPS) is 25.7. The van der Waals surface area contributed by atoms with Crippen molar-refractivity contribution in [2.75, 3.05) is 13.2 Å². The van der Waals surface area contributed by atoms with Crippen molar-refractivity contribution in [2.24, 2.45) is 11.8 Å². The molecule has 1 aliphatic rings. The highest BCUT2D eigenvalue weighted by Gasteiger charge is 2.17. The lowest BCUT2D eigenvalue weighted by molar-refractivity contribution is 0.164. The Morgan fingerprint density at radius 3 is 3.09 bits per heavy atom. The van der Waals surface area contributed by atoms with Crippen molar-refractivity contribution < 1.29 is 9.84 Å². The largest absolute Gasteiger partial charge is 0.501 e. The van der Waals surface area contributed by atoms with Crippen molar-refractivity contribution in [1.82, 2.24) is 0 Å². The fourth-order valence-electron chi connectivity index (χ4n) is 1.27. The van der Waals surface area contributed by atoms with Gasteiger partial charge in [0.15, 0.2) is 0 Å². The van der Waals surface area contributed by atoms with E-state index < -0.39 is 0 Å². The van der Waals surface area contributed by atoms with Crippen LogP contribution in [0.5, 0.6) is 0 Å². The molecule has 0 amide bonds. The summed E-state index contributed by atoms with van der Waals surface area (Å²) in [6.45, 7) is 4.61. The van der Waals surface area contributed by atoms with Gasteiger partial charge in [0.05, 0.1) is 12.9 Å². The number of allylic oxidation sites excluding steroid dienone is 1. The number of hydrogen-bond acceptors (Lipinski definition) is 2. The Kier molecular flexibility index (Phi) is 3.17. The molecule has 0 radical (unpaired) electrons. The van der Waals surface area contributed by atoms with Crippen molar-refractivity contribution in [3.8, 4) is 0 Å². The molecule has 0 bridgehead atoms. The molecule has 11 heavy (non-hydrogen) atoms. The van der Waals surface area contributed by atoms with Crippen LogP contribution in [0.2, 0.25) is 0 Å². The minimum absolute atomic E-state index is 0.179. The summed E-state index contributed by atoms with van der Waals surface area (Å²) in [7, 11) is 0. The van der Waals surface area contributed by atoms with Gasteiger partial charge in [0.25, 0.3) is 0 Å². The number of aliphatic hydroxyl groups is 1. The molecular formula is C9H14O2. The summed E-state index contributed by atoms with van der Waals surface area (Å²) in [5.41, 5.74) is 0. The SMILES string of the molecule is C=CC(CO)C1C=COCC1. The van der Waals surface area contributed by atoms with Crippen LogP contribution in [0.3, 0.4) is 0 Å². The van der Waals surface area contributed by atoms with E-state index >= 15 is 0 Å². The molecule has 0 aromatic rings. The summed E-state index contributed by atoms with van der Waals surface area (Å²) >= 11 is 0. The average Bonchev–Trinajstić information content (AvgIpc) is 2.09. The molecule has 0 aliphatic carbocycles. The first-order chi connectivity index (χ1) is 5.38. The lowest BCUT2D eigenvalue weighted by Gasteiger charge is -2.22. The van der Waals surface area contributed by atoms with E-state index in [4.69, 9.17) is 9.84 Å². The quantitative estimate of drug-likeness (QED) is 0.621. The first-order valence-electron chi connectivity index (χ1n) is 3.90. The summed E-state index contributed by atoms with van der Waals surface area (Å²) in [5, 5.41) is 8.93. The van der Waals surface area contributed by atoms with Gasteiger partial charge in [-0.1, -0.05) is 6.08 Å². The van der Waals surface area contributed by atoms with Gasteiger partial charge in [0.1, 0.15) is 0 Å². The fourth-order valence-corrected chi connectivity index (χ4v) is 1.27. The number of rotatable bonds is 3. The zero-order valence-corrected chi connectivity index (χ0v) is 6.57. The average molecular weight is 154 g/mol.